The van der Waals surface area contributed by atoms with E-state index in [2.05, 4.69) is 6.92 Å². The molecule has 0 radical (unpaired) electrons. The highest BCUT2D eigenvalue weighted by molar-refractivity contribution is 5.84. The van der Waals surface area contributed by atoms with E-state index in [4.69, 9.17) is 4.74 Å². The molecule has 1 fully saturated rings. The molecule has 4 heteroatoms. The number of ether oxygens (including phenoxy) is 1. The molecule has 0 heterocycles. The van der Waals surface area contributed by atoms with Gasteiger partial charge in [0.05, 0.1) is 6.61 Å². The molecule has 0 spiro atoms. The lowest BCUT2D eigenvalue weighted by molar-refractivity contribution is -0.149. The van der Waals surface area contributed by atoms with Crippen LogP contribution in [0.3, 0.4) is 0 Å². The number of rotatable bonds is 16. The van der Waals surface area contributed by atoms with E-state index < -0.39 is 0 Å². The predicted molar refractivity (Wildman–Crippen MR) is 102 cm³/mol. The molecule has 146 valence electrons. The molecule has 1 aliphatic carbocycles. The monoisotopic (exact) mass is 353 g/mol. The van der Waals surface area contributed by atoms with Crippen molar-refractivity contribution >= 4 is 11.9 Å². The van der Waals surface area contributed by atoms with Crippen molar-refractivity contribution in [2.45, 2.75) is 96.8 Å². The Morgan fingerprint density at radius 3 is 1.80 bits per heavy atom. The Morgan fingerprint density at radius 1 is 0.840 bits per heavy atom. The van der Waals surface area contributed by atoms with Crippen LogP contribution >= 0.6 is 0 Å². The minimum atomic E-state index is -0.278. The van der Waals surface area contributed by atoms with Crippen molar-refractivity contribution in [1.29, 1.82) is 0 Å². The average Bonchev–Trinajstić information content (AvgIpc) is 3.43. The van der Waals surface area contributed by atoms with Gasteiger partial charge in [0.25, 0.3) is 0 Å². The Labute approximate surface area is 154 Å². The molecule has 0 aromatic heterocycles. The fourth-order valence-corrected chi connectivity index (χ4v) is 3.09. The van der Waals surface area contributed by atoms with Crippen LogP contribution in [0.15, 0.2) is 0 Å². The summed E-state index contributed by atoms with van der Waals surface area (Å²) in [6, 6.07) is 0. The van der Waals surface area contributed by atoms with Crippen molar-refractivity contribution in [3.05, 3.63) is 0 Å². The first-order valence-corrected chi connectivity index (χ1v) is 10.6. The van der Waals surface area contributed by atoms with Gasteiger partial charge in [0.15, 0.2) is 0 Å². The number of carbonyl (C=O) groups excluding carboxylic acids is 2. The zero-order chi connectivity index (χ0) is 18.3. The van der Waals surface area contributed by atoms with Gasteiger partial charge in [0, 0.05) is 13.0 Å². The molecule has 0 atom stereocenters. The van der Waals surface area contributed by atoms with Crippen LogP contribution in [0, 0.1) is 5.92 Å². The predicted octanol–water partition coefficient (Wildman–Crippen LogP) is 5.10. The lowest BCUT2D eigenvalue weighted by Gasteiger charge is -2.15. The summed E-state index contributed by atoms with van der Waals surface area (Å²) in [4.78, 5) is 24.9. The molecule has 0 bridgehead atoms. The molecule has 4 nitrogen and oxygen atoms in total. The number of likely N-dealkylation sites (N-methyl/N-ethyl adjacent to an activating group) is 1. The lowest BCUT2D eigenvalue weighted by Crippen LogP contribution is -2.34. The SMILES string of the molecule is CCCCCCCCCCCCCCOC(=O)CN(C)C(=O)C1CC1. The Hall–Kier alpha value is -1.06. The number of nitrogens with zero attached hydrogens (tertiary/aromatic N) is 1. The minimum absolute atomic E-state index is 0.0855. The van der Waals surface area contributed by atoms with Crippen LogP contribution in [0.2, 0.25) is 0 Å². The van der Waals surface area contributed by atoms with Gasteiger partial charge in [-0.1, -0.05) is 77.6 Å². The topological polar surface area (TPSA) is 46.6 Å². The van der Waals surface area contributed by atoms with Crippen LogP contribution in [0.4, 0.5) is 0 Å². The standard InChI is InChI=1S/C21H39NO3/c1-3-4-5-6-7-8-9-10-11-12-13-14-17-25-20(23)18-22(2)21(24)19-15-16-19/h19H,3-18H2,1-2H3. The van der Waals surface area contributed by atoms with Gasteiger partial charge in [-0.15, -0.1) is 0 Å². The van der Waals surface area contributed by atoms with Gasteiger partial charge in [0.2, 0.25) is 5.91 Å². The third-order valence-electron chi connectivity index (χ3n) is 4.93. The maximum atomic E-state index is 11.7. The van der Waals surface area contributed by atoms with E-state index in [1.54, 1.807) is 7.05 Å². The minimum Gasteiger partial charge on any atom is -0.464 e. The first kappa shape index (κ1) is 22.0. The zero-order valence-electron chi connectivity index (χ0n) is 16.6. The molecule has 0 aromatic carbocycles. The largest absolute Gasteiger partial charge is 0.464 e. The van der Waals surface area contributed by atoms with Crippen LogP contribution in [0.25, 0.3) is 0 Å². The second-order valence-electron chi connectivity index (χ2n) is 7.58. The maximum absolute atomic E-state index is 11.7. The summed E-state index contributed by atoms with van der Waals surface area (Å²) < 4.78 is 5.22. The maximum Gasteiger partial charge on any atom is 0.325 e. The Morgan fingerprint density at radius 2 is 1.32 bits per heavy atom. The summed E-state index contributed by atoms with van der Waals surface area (Å²) in [6.45, 7) is 2.84. The second kappa shape index (κ2) is 14.1. The molecule has 25 heavy (non-hydrogen) atoms. The summed E-state index contributed by atoms with van der Waals surface area (Å²) in [5, 5.41) is 0. The molecule has 1 rings (SSSR count). The summed E-state index contributed by atoms with van der Waals surface area (Å²) in [7, 11) is 1.69. The number of unbranched alkanes of at least 4 members (excludes halogenated alkanes) is 11. The molecule has 1 aliphatic rings. The normalized spacial score (nSPS) is 13.7. The van der Waals surface area contributed by atoms with E-state index in [0.29, 0.717) is 6.61 Å². The molecular weight excluding hydrogens is 314 g/mol. The zero-order valence-corrected chi connectivity index (χ0v) is 16.6. The van der Waals surface area contributed by atoms with Gasteiger partial charge < -0.3 is 9.64 Å². The number of carbonyl (C=O) groups is 2. The van der Waals surface area contributed by atoms with Gasteiger partial charge in [-0.3, -0.25) is 9.59 Å². The van der Waals surface area contributed by atoms with Crippen molar-refractivity contribution < 1.29 is 14.3 Å². The first-order valence-electron chi connectivity index (χ1n) is 10.6. The van der Waals surface area contributed by atoms with Crippen molar-refractivity contribution in [2.75, 3.05) is 20.2 Å². The summed E-state index contributed by atoms with van der Waals surface area (Å²) in [5.41, 5.74) is 0. The van der Waals surface area contributed by atoms with E-state index in [1.165, 1.54) is 69.1 Å². The van der Waals surface area contributed by atoms with Crippen LogP contribution in [0.5, 0.6) is 0 Å². The third-order valence-corrected chi connectivity index (χ3v) is 4.93. The molecule has 0 aliphatic heterocycles. The van der Waals surface area contributed by atoms with E-state index >= 15 is 0 Å². The Bertz CT molecular complexity index is 366. The molecule has 0 aromatic rings. The van der Waals surface area contributed by atoms with E-state index in [1.807, 2.05) is 0 Å². The van der Waals surface area contributed by atoms with E-state index in [9.17, 15) is 9.59 Å². The number of hydrogen-bond donors (Lipinski definition) is 0. The highest BCUT2D eigenvalue weighted by atomic mass is 16.5. The molecule has 0 unspecified atom stereocenters. The van der Waals surface area contributed by atoms with Crippen molar-refractivity contribution in [1.82, 2.24) is 4.90 Å². The average molecular weight is 354 g/mol. The number of esters is 1. The molecule has 1 saturated carbocycles. The first-order chi connectivity index (χ1) is 12.1. The molecule has 0 saturated heterocycles. The van der Waals surface area contributed by atoms with E-state index in [-0.39, 0.29) is 24.3 Å². The van der Waals surface area contributed by atoms with Crippen molar-refractivity contribution in [2.24, 2.45) is 5.92 Å². The van der Waals surface area contributed by atoms with Gasteiger partial charge >= 0.3 is 5.97 Å². The molecular formula is C21H39NO3. The Balaban J connectivity index is 1.80. The smallest absolute Gasteiger partial charge is 0.325 e. The fourth-order valence-electron chi connectivity index (χ4n) is 3.09. The summed E-state index contributed by atoms with van der Waals surface area (Å²) in [6.07, 6.45) is 17.5. The molecule has 1 amide bonds. The van der Waals surface area contributed by atoms with Gasteiger partial charge in [-0.05, 0) is 19.3 Å². The number of hydrogen-bond acceptors (Lipinski definition) is 3. The van der Waals surface area contributed by atoms with Crippen LogP contribution in [0.1, 0.15) is 96.8 Å². The third kappa shape index (κ3) is 12.0. The van der Waals surface area contributed by atoms with Crippen LogP contribution in [-0.4, -0.2) is 37.0 Å². The lowest BCUT2D eigenvalue weighted by atomic mass is 10.1. The second-order valence-corrected chi connectivity index (χ2v) is 7.58. The van der Waals surface area contributed by atoms with Gasteiger partial charge in [-0.2, -0.15) is 0 Å². The summed E-state index contributed by atoms with van der Waals surface area (Å²) in [5.74, 6) is -0.0315. The van der Waals surface area contributed by atoms with Gasteiger partial charge in [-0.25, -0.2) is 0 Å². The van der Waals surface area contributed by atoms with Gasteiger partial charge in [0.1, 0.15) is 6.54 Å². The van der Waals surface area contributed by atoms with Crippen LogP contribution in [-0.2, 0) is 14.3 Å². The highest BCUT2D eigenvalue weighted by Gasteiger charge is 2.32. The summed E-state index contributed by atoms with van der Waals surface area (Å²) >= 11 is 0. The highest BCUT2D eigenvalue weighted by Crippen LogP contribution is 2.30. The van der Waals surface area contributed by atoms with Crippen molar-refractivity contribution in [3.8, 4) is 0 Å². The van der Waals surface area contributed by atoms with E-state index in [0.717, 1.165) is 25.7 Å². The Kier molecular flexibility index (Phi) is 12.4. The number of amides is 1. The van der Waals surface area contributed by atoms with Crippen LogP contribution < -0.4 is 0 Å². The fraction of sp³-hybridized carbons (Fsp3) is 0.905. The molecule has 0 N–H and O–H groups in total. The van der Waals surface area contributed by atoms with Crippen molar-refractivity contribution in [3.63, 3.8) is 0 Å². The quantitative estimate of drug-likeness (QED) is 0.286.